The minimum Gasteiger partial charge on any atom is -0.458 e. The predicted molar refractivity (Wildman–Crippen MR) is 113 cm³/mol. The van der Waals surface area contributed by atoms with E-state index in [1.54, 1.807) is 31.4 Å². The number of rotatable bonds is 8. The van der Waals surface area contributed by atoms with Crippen molar-refractivity contribution in [3.63, 3.8) is 0 Å². The first kappa shape index (κ1) is 22.2. The van der Waals surface area contributed by atoms with Gasteiger partial charge in [-0.1, -0.05) is 19.9 Å². The van der Waals surface area contributed by atoms with E-state index >= 15 is 0 Å². The van der Waals surface area contributed by atoms with Crippen LogP contribution in [0.5, 0.6) is 0 Å². The summed E-state index contributed by atoms with van der Waals surface area (Å²) in [5.74, 6) is -1.36. The lowest BCUT2D eigenvalue weighted by Gasteiger charge is -2.20. The Hall–Kier alpha value is -2.48. The quantitative estimate of drug-likeness (QED) is 0.478. The molecule has 30 heavy (non-hydrogen) atoms. The standard InChI is InChI=1S/C17H19N5O5S3/c1-9(2)14(16(24)27-7-11-8-28-17(19-11)18-10(3)23)22-30(25,26)13-6-4-5-12-15(13)21-29-20-12/h4-6,8-9,14,22H,7H2,1-3H3,(H,18,19,23)/t14-/m0/s1. The van der Waals surface area contributed by atoms with Crippen LogP contribution in [0.25, 0.3) is 11.0 Å². The number of carbonyl (C=O) groups excluding carboxylic acids is 2. The van der Waals surface area contributed by atoms with Crippen molar-refractivity contribution >= 4 is 61.1 Å². The number of esters is 1. The lowest BCUT2D eigenvalue weighted by molar-refractivity contribution is -0.148. The van der Waals surface area contributed by atoms with E-state index in [0.717, 1.165) is 11.7 Å². The molecule has 160 valence electrons. The Labute approximate surface area is 181 Å². The average Bonchev–Trinajstić information content (AvgIpc) is 3.32. The van der Waals surface area contributed by atoms with Crippen LogP contribution >= 0.6 is 23.1 Å². The van der Waals surface area contributed by atoms with E-state index in [-0.39, 0.29) is 28.8 Å². The van der Waals surface area contributed by atoms with Gasteiger partial charge in [-0.05, 0) is 18.1 Å². The van der Waals surface area contributed by atoms with Gasteiger partial charge < -0.3 is 10.1 Å². The van der Waals surface area contributed by atoms with Crippen molar-refractivity contribution in [3.8, 4) is 0 Å². The zero-order valence-electron chi connectivity index (χ0n) is 16.3. The molecule has 0 aliphatic rings. The third kappa shape index (κ3) is 5.16. The summed E-state index contributed by atoms with van der Waals surface area (Å²) in [7, 11) is -4.05. The van der Waals surface area contributed by atoms with Crippen LogP contribution < -0.4 is 10.0 Å². The summed E-state index contributed by atoms with van der Waals surface area (Å²) in [6.07, 6.45) is 0. The van der Waals surface area contributed by atoms with Gasteiger partial charge in [0.2, 0.25) is 15.9 Å². The van der Waals surface area contributed by atoms with Crippen LogP contribution in [0.3, 0.4) is 0 Å². The second-order valence-electron chi connectivity index (χ2n) is 6.66. The van der Waals surface area contributed by atoms with Gasteiger partial charge in [-0.3, -0.25) is 9.59 Å². The zero-order valence-corrected chi connectivity index (χ0v) is 18.7. The smallest absolute Gasteiger partial charge is 0.324 e. The molecule has 0 unspecified atom stereocenters. The van der Waals surface area contributed by atoms with Crippen molar-refractivity contribution in [2.24, 2.45) is 5.92 Å². The molecule has 0 aliphatic heterocycles. The predicted octanol–water partition coefficient (Wildman–Crippen LogP) is 2.15. The first-order chi connectivity index (χ1) is 14.2. The van der Waals surface area contributed by atoms with E-state index in [2.05, 4.69) is 23.8 Å². The van der Waals surface area contributed by atoms with Crippen LogP contribution in [0.4, 0.5) is 5.13 Å². The fourth-order valence-electron chi connectivity index (χ4n) is 2.50. The molecule has 0 saturated carbocycles. The molecule has 1 aromatic carbocycles. The maximum atomic E-state index is 12.9. The number of carbonyl (C=O) groups is 2. The van der Waals surface area contributed by atoms with Crippen LogP contribution in [0.1, 0.15) is 26.5 Å². The van der Waals surface area contributed by atoms with Gasteiger partial charge >= 0.3 is 5.97 Å². The monoisotopic (exact) mass is 469 g/mol. The highest BCUT2D eigenvalue weighted by molar-refractivity contribution is 7.89. The Kier molecular flexibility index (Phi) is 6.75. The average molecular weight is 470 g/mol. The SMILES string of the molecule is CC(=O)Nc1nc(COC(=O)[C@@H](NS(=O)(=O)c2cccc3nsnc23)C(C)C)cs1. The number of benzene rings is 1. The van der Waals surface area contributed by atoms with Crippen LogP contribution in [-0.2, 0) is 31.0 Å². The number of nitrogens with one attached hydrogen (secondary N) is 2. The van der Waals surface area contributed by atoms with Gasteiger partial charge in [-0.2, -0.15) is 13.5 Å². The van der Waals surface area contributed by atoms with Crippen molar-refractivity contribution in [1.29, 1.82) is 0 Å². The number of aromatic nitrogens is 3. The Balaban J connectivity index is 1.72. The van der Waals surface area contributed by atoms with Crippen LogP contribution in [0.2, 0.25) is 0 Å². The number of amides is 1. The highest BCUT2D eigenvalue weighted by atomic mass is 32.2. The molecule has 0 spiro atoms. The fourth-order valence-corrected chi connectivity index (χ4v) is 5.34. The molecule has 1 amide bonds. The number of anilines is 1. The van der Waals surface area contributed by atoms with E-state index in [4.69, 9.17) is 4.74 Å². The Morgan fingerprint density at radius 3 is 2.70 bits per heavy atom. The molecule has 3 aromatic rings. The topological polar surface area (TPSA) is 140 Å². The summed E-state index contributed by atoms with van der Waals surface area (Å²) in [5, 5.41) is 4.57. The Bertz CT molecular complexity index is 1170. The lowest BCUT2D eigenvalue weighted by Crippen LogP contribution is -2.45. The summed E-state index contributed by atoms with van der Waals surface area (Å²) < 4.78 is 41.6. The van der Waals surface area contributed by atoms with E-state index in [1.807, 2.05) is 0 Å². The second kappa shape index (κ2) is 9.12. The fraction of sp³-hybridized carbons (Fsp3) is 0.353. The molecule has 3 rings (SSSR count). The first-order valence-electron chi connectivity index (χ1n) is 8.79. The minimum atomic E-state index is -4.05. The van der Waals surface area contributed by atoms with Crippen molar-refractivity contribution in [2.75, 3.05) is 5.32 Å². The summed E-state index contributed by atoms with van der Waals surface area (Å²) in [6, 6.07) is 3.53. The molecular formula is C17H19N5O5S3. The van der Waals surface area contributed by atoms with Gasteiger partial charge in [0.05, 0.1) is 17.4 Å². The van der Waals surface area contributed by atoms with Gasteiger partial charge in [-0.25, -0.2) is 13.4 Å². The highest BCUT2D eigenvalue weighted by Gasteiger charge is 2.31. The molecule has 0 fully saturated rings. The van der Waals surface area contributed by atoms with Crippen molar-refractivity contribution < 1.29 is 22.7 Å². The number of nitrogens with zero attached hydrogens (tertiary/aromatic N) is 3. The third-order valence-electron chi connectivity index (χ3n) is 3.94. The van der Waals surface area contributed by atoms with Crippen molar-refractivity contribution in [1.82, 2.24) is 18.5 Å². The molecule has 0 radical (unpaired) electrons. The number of hydrogen-bond donors (Lipinski definition) is 2. The van der Waals surface area contributed by atoms with Gasteiger partial charge in [0, 0.05) is 12.3 Å². The number of hydrogen-bond acceptors (Lipinski definition) is 10. The summed E-state index contributed by atoms with van der Waals surface area (Å²) in [4.78, 5) is 27.7. The molecule has 0 aliphatic carbocycles. The second-order valence-corrected chi connectivity index (χ2v) is 9.73. The molecule has 2 aromatic heterocycles. The lowest BCUT2D eigenvalue weighted by atomic mass is 10.1. The number of fused-ring (bicyclic) bond motifs is 1. The zero-order chi connectivity index (χ0) is 21.9. The maximum absolute atomic E-state index is 12.9. The first-order valence-corrected chi connectivity index (χ1v) is 11.9. The maximum Gasteiger partial charge on any atom is 0.324 e. The van der Waals surface area contributed by atoms with Crippen LogP contribution in [0.15, 0.2) is 28.5 Å². The molecule has 10 nitrogen and oxygen atoms in total. The van der Waals surface area contributed by atoms with Gasteiger partial charge in [0.25, 0.3) is 0 Å². The molecule has 0 saturated heterocycles. The van der Waals surface area contributed by atoms with Crippen molar-refractivity contribution in [2.45, 2.75) is 38.3 Å². The third-order valence-corrected chi connectivity index (χ3v) is 6.76. The summed E-state index contributed by atoms with van der Waals surface area (Å²) in [6.45, 7) is 4.63. The van der Waals surface area contributed by atoms with E-state index in [1.165, 1.54) is 24.3 Å². The van der Waals surface area contributed by atoms with Crippen LogP contribution in [-0.4, -0.2) is 40.1 Å². The normalized spacial score (nSPS) is 12.8. The molecule has 2 N–H and O–H groups in total. The number of ether oxygens (including phenoxy) is 1. The summed E-state index contributed by atoms with van der Waals surface area (Å²) in [5.41, 5.74) is 1.16. The van der Waals surface area contributed by atoms with Gasteiger partial charge in [0.1, 0.15) is 28.6 Å². The highest BCUT2D eigenvalue weighted by Crippen LogP contribution is 2.22. The minimum absolute atomic E-state index is 0.0494. The van der Waals surface area contributed by atoms with Gasteiger partial charge in [0.15, 0.2) is 5.13 Å². The Morgan fingerprint density at radius 1 is 1.23 bits per heavy atom. The number of thiazole rings is 1. The Morgan fingerprint density at radius 2 is 2.00 bits per heavy atom. The summed E-state index contributed by atoms with van der Waals surface area (Å²) >= 11 is 2.11. The van der Waals surface area contributed by atoms with E-state index < -0.39 is 22.0 Å². The van der Waals surface area contributed by atoms with E-state index in [9.17, 15) is 18.0 Å². The molecular weight excluding hydrogens is 450 g/mol. The van der Waals surface area contributed by atoms with E-state index in [0.29, 0.717) is 16.3 Å². The number of sulfonamides is 1. The molecule has 2 heterocycles. The van der Waals surface area contributed by atoms with Crippen LogP contribution in [0, 0.1) is 5.92 Å². The molecule has 0 bridgehead atoms. The van der Waals surface area contributed by atoms with Gasteiger partial charge in [-0.15, -0.1) is 11.3 Å². The largest absolute Gasteiger partial charge is 0.458 e. The molecule has 1 atom stereocenters. The molecule has 13 heteroatoms. The van der Waals surface area contributed by atoms with Crippen molar-refractivity contribution in [3.05, 3.63) is 29.3 Å².